The summed E-state index contributed by atoms with van der Waals surface area (Å²) in [4.78, 5) is 8.89. The van der Waals surface area contributed by atoms with E-state index in [1.165, 1.54) is 10.9 Å². The van der Waals surface area contributed by atoms with E-state index in [2.05, 4.69) is 45.0 Å². The Balaban J connectivity index is 0.000000423. The van der Waals surface area contributed by atoms with Crippen molar-refractivity contribution in [3.63, 3.8) is 0 Å². The number of benzene rings is 1. The van der Waals surface area contributed by atoms with Gasteiger partial charge >= 0.3 is 0 Å². The Morgan fingerprint density at radius 3 is 1.80 bits per heavy atom. The molecule has 0 spiro atoms. The van der Waals surface area contributed by atoms with Gasteiger partial charge in [0.05, 0.1) is 5.30 Å². The summed E-state index contributed by atoms with van der Waals surface area (Å²) in [5.74, 6) is -1.08. The van der Waals surface area contributed by atoms with Gasteiger partial charge in [-0.2, -0.15) is 0 Å². The van der Waals surface area contributed by atoms with Crippen LogP contribution in [0, 0.1) is 0 Å². The lowest BCUT2D eigenvalue weighted by Crippen LogP contribution is -2.16. The topological polar surface area (TPSA) is 40.1 Å². The third-order valence-corrected chi connectivity index (χ3v) is 2.29. The third kappa shape index (κ3) is 7.10. The number of carbonyl (C=O) groups excluding carboxylic acids is 1. The zero-order valence-corrected chi connectivity index (χ0v) is 11.2. The van der Waals surface area contributed by atoms with Gasteiger partial charge in [-0.05, 0) is 30.0 Å². The number of carboxylic acids is 1. The minimum absolute atomic E-state index is 0.289. The zero-order valence-electron chi connectivity index (χ0n) is 9.83. The van der Waals surface area contributed by atoms with E-state index in [1.807, 2.05) is 9.24 Å². The molecule has 15 heavy (non-hydrogen) atoms. The molecule has 0 bridgehead atoms. The molecule has 0 aromatic heterocycles. The standard InChI is InChI=1S/C10H15P.C2H4O2/c1-10(2,3)8-4-6-9(11)7-5-8;1-2(3)4/h4-7H,11H2,1-3H3;1H3,(H,3,4). The molecule has 0 heterocycles. The Morgan fingerprint density at radius 1 is 1.20 bits per heavy atom. The molecular weight excluding hydrogens is 207 g/mol. The van der Waals surface area contributed by atoms with Crippen LogP contribution in [0.5, 0.6) is 0 Å². The van der Waals surface area contributed by atoms with Gasteiger partial charge < -0.3 is 9.90 Å². The Bertz CT molecular complexity index is 305. The van der Waals surface area contributed by atoms with Crippen molar-refractivity contribution in [2.45, 2.75) is 33.1 Å². The maximum absolute atomic E-state index is 8.89. The van der Waals surface area contributed by atoms with Crippen LogP contribution in [0.2, 0.25) is 0 Å². The van der Waals surface area contributed by atoms with Crippen LogP contribution in [0.15, 0.2) is 24.3 Å². The van der Waals surface area contributed by atoms with E-state index in [0.29, 0.717) is 0 Å². The number of rotatable bonds is 0. The molecule has 1 atom stereocenters. The molecule has 0 aliphatic carbocycles. The summed E-state index contributed by atoms with van der Waals surface area (Å²) in [7, 11) is 1.93. The fourth-order valence-electron chi connectivity index (χ4n) is 1.00. The second-order valence-electron chi connectivity index (χ2n) is 4.44. The van der Waals surface area contributed by atoms with Crippen LogP contribution in [0.25, 0.3) is 0 Å². The monoisotopic (exact) mass is 226 g/mol. The lowest BCUT2D eigenvalue weighted by atomic mass is 9.87. The van der Waals surface area contributed by atoms with Gasteiger partial charge in [0.25, 0.3) is 0 Å². The van der Waals surface area contributed by atoms with Crippen molar-refractivity contribution in [3.8, 4) is 0 Å². The number of aliphatic carboxylic acids is 1. The van der Waals surface area contributed by atoms with Crippen LogP contribution in [-0.2, 0) is 10.2 Å². The highest BCUT2D eigenvalue weighted by molar-refractivity contribution is 7.27. The van der Waals surface area contributed by atoms with E-state index in [4.69, 9.17) is 9.90 Å². The van der Waals surface area contributed by atoms with Crippen LogP contribution < -0.4 is 10.4 Å². The highest BCUT2D eigenvalue weighted by atomic mass is 31.0. The molecule has 0 fully saturated rings. The number of hydrogen-bond donors (Lipinski definition) is 0. The maximum Gasteiger partial charge on any atom is 0.0865 e. The van der Waals surface area contributed by atoms with Crippen LogP contribution in [-0.4, -0.2) is 5.97 Å². The molecule has 2 nitrogen and oxygen atoms in total. The molecule has 0 radical (unpaired) electrons. The summed E-state index contributed by atoms with van der Waals surface area (Å²) in [6.07, 6.45) is 0. The maximum atomic E-state index is 8.89. The second kappa shape index (κ2) is 5.87. The molecule has 3 heteroatoms. The minimum Gasteiger partial charge on any atom is -0.550 e. The molecule has 0 saturated heterocycles. The van der Waals surface area contributed by atoms with Gasteiger partial charge in [-0.15, -0.1) is 0 Å². The number of carboxylic acid groups (broad SMARTS) is 1. The van der Waals surface area contributed by atoms with Crippen molar-refractivity contribution in [1.29, 1.82) is 0 Å². The van der Waals surface area contributed by atoms with Crippen molar-refractivity contribution in [2.75, 3.05) is 0 Å². The summed E-state index contributed by atoms with van der Waals surface area (Å²) in [5, 5.41) is 10.2. The van der Waals surface area contributed by atoms with Gasteiger partial charge in [0.1, 0.15) is 0 Å². The van der Waals surface area contributed by atoms with E-state index >= 15 is 0 Å². The smallest absolute Gasteiger partial charge is 0.0865 e. The number of carbonyl (C=O) groups is 1. The fourth-order valence-corrected chi connectivity index (χ4v) is 1.24. The lowest BCUT2D eigenvalue weighted by Gasteiger charge is -2.18. The molecule has 0 aliphatic heterocycles. The predicted octanol–water partition coefficient (Wildman–Crippen LogP) is 0.973. The summed E-state index contributed by atoms with van der Waals surface area (Å²) in [5.41, 5.74) is 1.70. The van der Waals surface area contributed by atoms with E-state index in [-0.39, 0.29) is 5.41 Å². The van der Waals surface area contributed by atoms with Gasteiger partial charge in [0.15, 0.2) is 0 Å². The van der Waals surface area contributed by atoms with E-state index in [9.17, 15) is 0 Å². The first-order valence-electron chi connectivity index (χ1n) is 4.83. The average Bonchev–Trinajstić information content (AvgIpc) is 2.01. The van der Waals surface area contributed by atoms with Crippen molar-refractivity contribution >= 4 is 20.5 Å². The van der Waals surface area contributed by atoms with Crippen LogP contribution in [0.3, 0.4) is 0 Å². The Labute approximate surface area is 93.9 Å². The third-order valence-electron chi connectivity index (χ3n) is 1.82. The van der Waals surface area contributed by atoms with Gasteiger partial charge in [-0.3, -0.25) is 0 Å². The lowest BCUT2D eigenvalue weighted by molar-refractivity contribution is -0.302. The van der Waals surface area contributed by atoms with Crippen LogP contribution in [0.4, 0.5) is 0 Å². The molecule has 1 aromatic rings. The van der Waals surface area contributed by atoms with Gasteiger partial charge in [-0.25, -0.2) is 0 Å². The van der Waals surface area contributed by atoms with E-state index in [1.54, 1.807) is 0 Å². The molecule has 0 amide bonds. The minimum atomic E-state index is -1.08. The highest BCUT2D eigenvalue weighted by Gasteiger charge is 2.12. The van der Waals surface area contributed by atoms with Gasteiger partial charge in [0, 0.05) is 15.2 Å². The zero-order chi connectivity index (χ0) is 12.1. The summed E-state index contributed by atoms with van der Waals surface area (Å²) < 4.78 is 0. The Morgan fingerprint density at radius 2 is 1.53 bits per heavy atom. The summed E-state index contributed by atoms with van der Waals surface area (Å²) in [6, 6.07) is 8.78. The van der Waals surface area contributed by atoms with Crippen LogP contribution in [0.1, 0.15) is 33.3 Å². The van der Waals surface area contributed by atoms with Crippen LogP contribution >= 0.6 is 9.24 Å². The molecule has 84 valence electrons. The molecule has 1 rings (SSSR count). The largest absolute Gasteiger partial charge is 0.550 e. The highest BCUT2D eigenvalue weighted by Crippen LogP contribution is 2.20. The first-order valence-corrected chi connectivity index (χ1v) is 5.54. The predicted molar refractivity (Wildman–Crippen MR) is 66.6 cm³/mol. The van der Waals surface area contributed by atoms with Crippen molar-refractivity contribution in [1.82, 2.24) is 0 Å². The average molecular weight is 226 g/mol. The SMILES string of the molecule is CC(=O)[O-].CC(C)(C)c1ccc([PH3+])cc1. The number of hydrogen-bond acceptors (Lipinski definition) is 2. The Kier molecular flexibility index (Phi) is 5.53. The summed E-state index contributed by atoms with van der Waals surface area (Å²) in [6.45, 7) is 7.68. The van der Waals surface area contributed by atoms with Gasteiger partial charge in [-0.1, -0.05) is 32.9 Å². The Hall–Kier alpha value is -0.880. The van der Waals surface area contributed by atoms with Crippen molar-refractivity contribution < 1.29 is 9.90 Å². The van der Waals surface area contributed by atoms with E-state index in [0.717, 1.165) is 6.92 Å². The molecule has 0 N–H and O–H groups in total. The van der Waals surface area contributed by atoms with Crippen molar-refractivity contribution in [2.24, 2.45) is 0 Å². The normalized spacial score (nSPS) is 10.4. The molecule has 1 unspecified atom stereocenters. The fraction of sp³-hybridized carbons (Fsp3) is 0.417. The quantitative estimate of drug-likeness (QED) is 0.618. The van der Waals surface area contributed by atoms with E-state index < -0.39 is 5.97 Å². The first-order chi connectivity index (χ1) is 6.73. The molecule has 0 saturated carbocycles. The second-order valence-corrected chi connectivity index (χ2v) is 5.26. The molecule has 1 aromatic carbocycles. The molecule has 0 aliphatic rings. The van der Waals surface area contributed by atoms with Crippen molar-refractivity contribution in [3.05, 3.63) is 29.8 Å². The summed E-state index contributed by atoms with van der Waals surface area (Å²) >= 11 is 0. The first kappa shape index (κ1) is 14.1. The molecular formula is C12H19O2P. The van der Waals surface area contributed by atoms with Gasteiger partial charge in [0.2, 0.25) is 0 Å².